The molecule has 1 nitrogen and oxygen atoms in total. The number of hydrogen-bond donors (Lipinski definition) is 0. The Labute approximate surface area is 80.0 Å². The second-order valence-corrected chi connectivity index (χ2v) is 3.26. The van der Waals surface area contributed by atoms with E-state index in [1.807, 2.05) is 0 Å². The Morgan fingerprint density at radius 2 is 1.92 bits per heavy atom. The molecule has 1 atom stereocenters. The van der Waals surface area contributed by atoms with Gasteiger partial charge in [-0.25, -0.2) is 0 Å². The van der Waals surface area contributed by atoms with Crippen LogP contribution >= 0.6 is 20.8 Å². The molecular weight excluding hydrogens is 223 g/mol. The monoisotopic (exact) mass is 228 g/mol. The van der Waals surface area contributed by atoms with Crippen LogP contribution in [0.3, 0.4) is 0 Å². The van der Waals surface area contributed by atoms with Gasteiger partial charge in [-0.3, -0.25) is 0 Å². The van der Waals surface area contributed by atoms with Crippen molar-refractivity contribution in [3.05, 3.63) is 23.2 Å². The highest BCUT2D eigenvalue weighted by molar-refractivity contribution is 7.28. The maximum Gasteiger partial charge on any atom is 0.573 e. The third-order valence-electron chi connectivity index (χ3n) is 1.21. The molecule has 0 heterocycles. The average molecular weight is 229 g/mol. The molecule has 0 fully saturated rings. The maximum atomic E-state index is 11.7. The van der Waals surface area contributed by atoms with E-state index in [0.717, 1.165) is 6.07 Å². The first kappa shape index (κ1) is 10.6. The summed E-state index contributed by atoms with van der Waals surface area (Å²) in [6, 6.07) is 3.73. The summed E-state index contributed by atoms with van der Waals surface area (Å²) in [6.07, 6.45) is -4.67. The molecule has 0 spiro atoms. The normalized spacial score (nSPS) is 11.5. The van der Waals surface area contributed by atoms with Crippen molar-refractivity contribution in [1.29, 1.82) is 0 Å². The Bertz CT molecular complexity index is 313. The SMILES string of the molecule is FC(F)(F)Oc1ccc(P)c(Cl)c1. The number of rotatable bonds is 1. The summed E-state index contributed by atoms with van der Waals surface area (Å²) in [5, 5.41) is 0.836. The first-order chi connectivity index (χ1) is 5.88. The molecule has 0 amide bonds. The highest BCUT2D eigenvalue weighted by Crippen LogP contribution is 2.24. The van der Waals surface area contributed by atoms with Gasteiger partial charge in [0.15, 0.2) is 0 Å². The minimum atomic E-state index is -4.67. The highest BCUT2D eigenvalue weighted by atomic mass is 35.5. The quantitative estimate of drug-likeness (QED) is 0.672. The van der Waals surface area contributed by atoms with Crippen molar-refractivity contribution in [1.82, 2.24) is 0 Å². The molecule has 0 aliphatic carbocycles. The first-order valence-corrected chi connectivity index (χ1v) is 4.15. The van der Waals surface area contributed by atoms with Crippen LogP contribution in [0.15, 0.2) is 18.2 Å². The van der Waals surface area contributed by atoms with Crippen LogP contribution in [0.2, 0.25) is 5.02 Å². The van der Waals surface area contributed by atoms with Gasteiger partial charge in [0.2, 0.25) is 0 Å². The fourth-order valence-electron chi connectivity index (χ4n) is 0.705. The van der Waals surface area contributed by atoms with E-state index in [2.05, 4.69) is 14.0 Å². The van der Waals surface area contributed by atoms with Crippen molar-refractivity contribution in [2.45, 2.75) is 6.36 Å². The maximum absolute atomic E-state index is 11.7. The van der Waals surface area contributed by atoms with Crippen molar-refractivity contribution in [3.8, 4) is 5.75 Å². The van der Waals surface area contributed by atoms with Crippen LogP contribution in [0.5, 0.6) is 5.75 Å². The molecule has 0 aliphatic heterocycles. The summed E-state index contributed by atoms with van der Waals surface area (Å²) < 4.78 is 38.8. The Hall–Kier alpha value is -0.470. The van der Waals surface area contributed by atoms with Gasteiger partial charge in [-0.05, 0) is 23.5 Å². The summed E-state index contributed by atoms with van der Waals surface area (Å²) in [4.78, 5) is 0. The van der Waals surface area contributed by atoms with Gasteiger partial charge in [0.1, 0.15) is 5.75 Å². The van der Waals surface area contributed by atoms with E-state index in [1.54, 1.807) is 0 Å². The van der Waals surface area contributed by atoms with Crippen LogP contribution in [-0.2, 0) is 0 Å². The van der Waals surface area contributed by atoms with Gasteiger partial charge < -0.3 is 4.74 Å². The molecule has 6 heteroatoms. The van der Waals surface area contributed by atoms with Crippen molar-refractivity contribution < 1.29 is 17.9 Å². The van der Waals surface area contributed by atoms with Gasteiger partial charge in [-0.2, -0.15) is 0 Å². The van der Waals surface area contributed by atoms with E-state index >= 15 is 0 Å². The molecule has 0 saturated heterocycles. The Morgan fingerprint density at radius 3 is 2.38 bits per heavy atom. The average Bonchev–Trinajstić information content (AvgIpc) is 1.94. The van der Waals surface area contributed by atoms with Crippen molar-refractivity contribution >= 4 is 26.1 Å². The predicted molar refractivity (Wildman–Crippen MR) is 47.5 cm³/mol. The molecule has 0 radical (unpaired) electrons. The van der Waals surface area contributed by atoms with E-state index in [9.17, 15) is 13.2 Å². The van der Waals surface area contributed by atoms with E-state index in [4.69, 9.17) is 11.6 Å². The summed E-state index contributed by atoms with van der Waals surface area (Å²) in [5.41, 5.74) is 0. The zero-order valence-electron chi connectivity index (χ0n) is 6.23. The lowest BCUT2D eigenvalue weighted by Crippen LogP contribution is -2.17. The van der Waals surface area contributed by atoms with Gasteiger partial charge in [0, 0.05) is 0 Å². The van der Waals surface area contributed by atoms with Gasteiger partial charge in [-0.15, -0.1) is 22.4 Å². The lowest BCUT2D eigenvalue weighted by atomic mass is 10.3. The van der Waals surface area contributed by atoms with Crippen LogP contribution in [0.25, 0.3) is 0 Å². The molecular formula is C7H5ClF3OP. The third-order valence-corrected chi connectivity index (χ3v) is 2.22. The van der Waals surface area contributed by atoms with E-state index in [0.29, 0.717) is 5.30 Å². The molecule has 1 rings (SSSR count). The molecule has 0 saturated carbocycles. The molecule has 0 aromatic heterocycles. The lowest BCUT2D eigenvalue weighted by Gasteiger charge is -2.09. The van der Waals surface area contributed by atoms with Crippen LogP contribution in [0.4, 0.5) is 13.2 Å². The molecule has 0 aliphatic rings. The van der Waals surface area contributed by atoms with Gasteiger partial charge in [0.05, 0.1) is 5.02 Å². The van der Waals surface area contributed by atoms with E-state index in [1.165, 1.54) is 12.1 Å². The summed E-state index contributed by atoms with van der Waals surface area (Å²) in [6.45, 7) is 0. The second-order valence-electron chi connectivity index (χ2n) is 2.23. The van der Waals surface area contributed by atoms with Crippen LogP contribution in [0.1, 0.15) is 0 Å². The molecule has 1 unspecified atom stereocenters. The highest BCUT2D eigenvalue weighted by Gasteiger charge is 2.31. The molecule has 72 valence electrons. The fourth-order valence-corrected chi connectivity index (χ4v) is 1.06. The Kier molecular flexibility index (Phi) is 3.04. The molecule has 0 bridgehead atoms. The number of hydrogen-bond acceptors (Lipinski definition) is 1. The predicted octanol–water partition coefficient (Wildman–Crippen LogP) is 2.74. The Balaban J connectivity index is 2.86. The molecule has 1 aromatic rings. The van der Waals surface area contributed by atoms with Crippen molar-refractivity contribution in [3.63, 3.8) is 0 Å². The summed E-state index contributed by atoms with van der Waals surface area (Å²) >= 11 is 5.57. The standard InChI is InChI=1S/C7H5ClF3OP/c8-5-3-4(1-2-6(5)13)12-7(9,10)11/h1-3H,13H2. The number of alkyl halides is 3. The largest absolute Gasteiger partial charge is 0.573 e. The molecule has 1 aromatic carbocycles. The third kappa shape index (κ3) is 3.41. The van der Waals surface area contributed by atoms with Crippen molar-refractivity contribution in [2.75, 3.05) is 0 Å². The zero-order chi connectivity index (χ0) is 10.1. The van der Waals surface area contributed by atoms with Gasteiger partial charge in [0.25, 0.3) is 0 Å². The minimum Gasteiger partial charge on any atom is -0.406 e. The van der Waals surface area contributed by atoms with Crippen LogP contribution < -0.4 is 10.0 Å². The topological polar surface area (TPSA) is 9.23 Å². The van der Waals surface area contributed by atoms with Crippen LogP contribution in [-0.4, -0.2) is 6.36 Å². The lowest BCUT2D eigenvalue weighted by molar-refractivity contribution is -0.274. The van der Waals surface area contributed by atoms with E-state index < -0.39 is 6.36 Å². The zero-order valence-corrected chi connectivity index (χ0v) is 8.14. The summed E-state index contributed by atoms with van der Waals surface area (Å²) in [7, 11) is 2.29. The first-order valence-electron chi connectivity index (χ1n) is 3.19. The number of halogens is 4. The minimum absolute atomic E-state index is 0.215. The smallest absolute Gasteiger partial charge is 0.406 e. The number of ether oxygens (including phenoxy) is 1. The van der Waals surface area contributed by atoms with Crippen LogP contribution in [0, 0.1) is 0 Å². The summed E-state index contributed by atoms with van der Waals surface area (Å²) in [5.74, 6) is -0.316. The van der Waals surface area contributed by atoms with Gasteiger partial charge in [-0.1, -0.05) is 11.6 Å². The van der Waals surface area contributed by atoms with E-state index in [-0.39, 0.29) is 10.8 Å². The fraction of sp³-hybridized carbons (Fsp3) is 0.143. The van der Waals surface area contributed by atoms with Crippen molar-refractivity contribution in [2.24, 2.45) is 0 Å². The van der Waals surface area contributed by atoms with Gasteiger partial charge >= 0.3 is 6.36 Å². The molecule has 0 N–H and O–H groups in total. The number of benzene rings is 1. The molecule has 13 heavy (non-hydrogen) atoms. The second kappa shape index (κ2) is 3.72. The Morgan fingerprint density at radius 1 is 1.31 bits per heavy atom.